The van der Waals surface area contributed by atoms with E-state index >= 15 is 0 Å². The van der Waals surface area contributed by atoms with Crippen molar-refractivity contribution >= 4 is 8.32 Å². The minimum absolute atomic E-state index is 0.0499. The zero-order valence-corrected chi connectivity index (χ0v) is 15.1. The summed E-state index contributed by atoms with van der Waals surface area (Å²) in [5, 5.41) is 20.2. The molecule has 0 amide bonds. The van der Waals surface area contributed by atoms with Crippen LogP contribution in [0.2, 0.25) is 16.6 Å². The summed E-state index contributed by atoms with van der Waals surface area (Å²) < 4.78 is 11.9. The van der Waals surface area contributed by atoms with Crippen molar-refractivity contribution in [2.75, 3.05) is 13.2 Å². The van der Waals surface area contributed by atoms with Crippen molar-refractivity contribution in [2.45, 2.75) is 76.0 Å². The molecule has 1 fully saturated rings. The van der Waals surface area contributed by atoms with E-state index in [1.807, 2.05) is 0 Å². The van der Waals surface area contributed by atoms with Crippen LogP contribution in [0.15, 0.2) is 0 Å². The summed E-state index contributed by atoms with van der Waals surface area (Å²) in [5.74, 6) is 2.28. The number of rotatable bonds is 6. The summed E-state index contributed by atoms with van der Waals surface area (Å²) in [7, 11) is -2.03. The van der Waals surface area contributed by atoms with Gasteiger partial charge in [0.1, 0.15) is 12.2 Å². The minimum atomic E-state index is -2.03. The van der Waals surface area contributed by atoms with Crippen LogP contribution in [0, 0.1) is 12.3 Å². The lowest BCUT2D eigenvalue weighted by molar-refractivity contribution is -0.0497. The number of hydrogen-bond donors (Lipinski definition) is 2. The standard InChI is InChI=1S/C16H30O4Si/c1-8-16(18)14(17)9-19-15(16)10-20-21(11(2)3,12(4)5)13(6)7/h1,11-15,17-18H,9-10H2,2-7H3/t14-,15+,16-/m0/s1. The highest BCUT2D eigenvalue weighted by atomic mass is 28.4. The van der Waals surface area contributed by atoms with Crippen molar-refractivity contribution < 1.29 is 19.4 Å². The molecule has 3 atom stereocenters. The number of hydrogen-bond acceptors (Lipinski definition) is 4. The Morgan fingerprint density at radius 1 is 1.24 bits per heavy atom. The first kappa shape index (κ1) is 18.7. The quantitative estimate of drug-likeness (QED) is 0.583. The molecule has 0 aliphatic carbocycles. The fourth-order valence-corrected chi connectivity index (χ4v) is 9.20. The van der Waals surface area contributed by atoms with Crippen LogP contribution in [0.3, 0.4) is 0 Å². The molecule has 5 heteroatoms. The van der Waals surface area contributed by atoms with Crippen LogP contribution in [0.5, 0.6) is 0 Å². The Bertz CT molecular complexity index is 366. The number of aliphatic hydroxyl groups excluding tert-OH is 1. The summed E-state index contributed by atoms with van der Waals surface area (Å²) in [6, 6.07) is 0. The highest BCUT2D eigenvalue weighted by Crippen LogP contribution is 2.43. The second kappa shape index (κ2) is 6.80. The Hall–Kier alpha value is -0.383. The van der Waals surface area contributed by atoms with Gasteiger partial charge in [0.2, 0.25) is 0 Å². The molecule has 0 radical (unpaired) electrons. The third-order valence-electron chi connectivity index (χ3n) is 4.88. The van der Waals surface area contributed by atoms with Crippen LogP contribution < -0.4 is 0 Å². The molecule has 0 unspecified atom stereocenters. The van der Waals surface area contributed by atoms with Crippen molar-refractivity contribution in [2.24, 2.45) is 0 Å². The maximum Gasteiger partial charge on any atom is 0.200 e. The highest BCUT2D eigenvalue weighted by Gasteiger charge is 2.51. The predicted octanol–water partition coefficient (Wildman–Crippen LogP) is 2.30. The van der Waals surface area contributed by atoms with E-state index in [0.717, 1.165) is 0 Å². The van der Waals surface area contributed by atoms with Gasteiger partial charge in [-0.25, -0.2) is 0 Å². The Morgan fingerprint density at radius 2 is 1.71 bits per heavy atom. The summed E-state index contributed by atoms with van der Waals surface area (Å²) >= 11 is 0. The lowest BCUT2D eigenvalue weighted by Gasteiger charge is -2.43. The molecule has 1 aliphatic heterocycles. The SMILES string of the molecule is C#C[C@]1(O)[C@@H](O)CO[C@@H]1CO[Si](C(C)C)(C(C)C)C(C)C. The summed E-state index contributed by atoms with van der Waals surface area (Å²) in [5.41, 5.74) is -0.307. The Kier molecular flexibility index (Phi) is 6.05. The van der Waals surface area contributed by atoms with Gasteiger partial charge in [0.05, 0.1) is 13.2 Å². The van der Waals surface area contributed by atoms with Gasteiger partial charge in [-0.05, 0) is 16.6 Å². The van der Waals surface area contributed by atoms with Crippen molar-refractivity contribution in [3.05, 3.63) is 0 Å². The van der Waals surface area contributed by atoms with Crippen molar-refractivity contribution in [3.63, 3.8) is 0 Å². The second-order valence-electron chi connectivity index (χ2n) is 6.94. The average Bonchev–Trinajstić information content (AvgIpc) is 2.66. The first-order valence-corrected chi connectivity index (χ1v) is 9.90. The minimum Gasteiger partial charge on any atom is -0.413 e. The summed E-state index contributed by atoms with van der Waals surface area (Å²) in [4.78, 5) is 0. The largest absolute Gasteiger partial charge is 0.413 e. The van der Waals surface area contributed by atoms with E-state index in [0.29, 0.717) is 16.6 Å². The normalized spacial score (nSPS) is 30.4. The van der Waals surface area contributed by atoms with Gasteiger partial charge >= 0.3 is 0 Å². The molecular formula is C16H30O4Si. The molecule has 4 nitrogen and oxygen atoms in total. The van der Waals surface area contributed by atoms with Crippen molar-refractivity contribution in [1.82, 2.24) is 0 Å². The van der Waals surface area contributed by atoms with Crippen LogP contribution in [0.1, 0.15) is 41.5 Å². The molecule has 0 spiro atoms. The fraction of sp³-hybridized carbons (Fsp3) is 0.875. The molecule has 1 rings (SSSR count). The molecule has 0 aromatic rings. The molecule has 1 heterocycles. The Morgan fingerprint density at radius 3 is 2.10 bits per heavy atom. The average molecular weight is 314 g/mol. The maximum absolute atomic E-state index is 10.4. The summed E-state index contributed by atoms with van der Waals surface area (Å²) in [6.07, 6.45) is 3.67. The third-order valence-corrected chi connectivity index (χ3v) is 11.0. The third kappa shape index (κ3) is 3.20. The van der Waals surface area contributed by atoms with Gasteiger partial charge in [-0.1, -0.05) is 47.5 Å². The molecule has 21 heavy (non-hydrogen) atoms. The van der Waals surface area contributed by atoms with Crippen LogP contribution in [-0.4, -0.2) is 49.6 Å². The number of ether oxygens (including phenoxy) is 1. The van der Waals surface area contributed by atoms with E-state index < -0.39 is 26.1 Å². The van der Waals surface area contributed by atoms with Gasteiger partial charge in [0.25, 0.3) is 0 Å². The zero-order chi connectivity index (χ0) is 16.4. The van der Waals surface area contributed by atoms with Gasteiger partial charge in [-0.3, -0.25) is 0 Å². The number of terminal acetylenes is 1. The molecule has 122 valence electrons. The zero-order valence-electron chi connectivity index (χ0n) is 14.1. The molecule has 0 bridgehead atoms. The van der Waals surface area contributed by atoms with Crippen LogP contribution in [0.25, 0.3) is 0 Å². The van der Waals surface area contributed by atoms with E-state index in [1.54, 1.807) is 0 Å². The maximum atomic E-state index is 10.4. The van der Waals surface area contributed by atoms with Gasteiger partial charge in [0.15, 0.2) is 13.9 Å². The highest BCUT2D eigenvalue weighted by molar-refractivity contribution is 6.77. The second-order valence-corrected chi connectivity index (χ2v) is 12.4. The lowest BCUT2D eigenvalue weighted by atomic mass is 9.95. The molecule has 0 aromatic carbocycles. The van der Waals surface area contributed by atoms with Crippen LogP contribution >= 0.6 is 0 Å². The predicted molar refractivity (Wildman–Crippen MR) is 86.5 cm³/mol. The lowest BCUT2D eigenvalue weighted by Crippen LogP contribution is -2.53. The molecular weight excluding hydrogens is 284 g/mol. The first-order valence-electron chi connectivity index (χ1n) is 7.76. The van der Waals surface area contributed by atoms with E-state index in [4.69, 9.17) is 15.6 Å². The Labute approximate surface area is 130 Å². The van der Waals surface area contributed by atoms with Gasteiger partial charge in [-0.15, -0.1) is 6.42 Å². The Balaban J connectivity index is 2.91. The molecule has 2 N–H and O–H groups in total. The summed E-state index contributed by atoms with van der Waals surface area (Å²) in [6.45, 7) is 13.5. The molecule has 1 saturated heterocycles. The van der Waals surface area contributed by atoms with Gasteiger partial charge in [0, 0.05) is 0 Å². The van der Waals surface area contributed by atoms with E-state index in [2.05, 4.69) is 47.5 Å². The van der Waals surface area contributed by atoms with Crippen molar-refractivity contribution in [1.29, 1.82) is 0 Å². The van der Waals surface area contributed by atoms with Gasteiger partial charge < -0.3 is 19.4 Å². The van der Waals surface area contributed by atoms with E-state index in [9.17, 15) is 10.2 Å². The first-order chi connectivity index (χ1) is 9.62. The van der Waals surface area contributed by atoms with Gasteiger partial charge in [-0.2, -0.15) is 0 Å². The van der Waals surface area contributed by atoms with E-state index in [-0.39, 0.29) is 13.2 Å². The molecule has 0 saturated carbocycles. The monoisotopic (exact) mass is 314 g/mol. The van der Waals surface area contributed by atoms with Crippen molar-refractivity contribution in [3.8, 4) is 12.3 Å². The molecule has 0 aromatic heterocycles. The molecule has 1 aliphatic rings. The smallest absolute Gasteiger partial charge is 0.200 e. The topological polar surface area (TPSA) is 58.9 Å². The van der Waals surface area contributed by atoms with Crippen LogP contribution in [-0.2, 0) is 9.16 Å². The fourth-order valence-electron chi connectivity index (χ4n) is 3.76. The van der Waals surface area contributed by atoms with E-state index in [1.165, 1.54) is 0 Å². The number of aliphatic hydroxyl groups is 2. The van der Waals surface area contributed by atoms with Crippen LogP contribution in [0.4, 0.5) is 0 Å².